The lowest BCUT2D eigenvalue weighted by Crippen LogP contribution is -2.63. The second kappa shape index (κ2) is 5.43. The number of hydrogen-bond acceptors (Lipinski definition) is 2. The van der Waals surface area contributed by atoms with Crippen LogP contribution in [0.25, 0.3) is 0 Å². The molecule has 0 aliphatic carbocycles. The molecule has 4 heteroatoms. The number of rotatable bonds is 3. The van der Waals surface area contributed by atoms with Gasteiger partial charge in [-0.05, 0) is 18.4 Å². The Morgan fingerprint density at radius 2 is 1.84 bits per heavy atom. The highest BCUT2D eigenvalue weighted by atomic mass is 16.2. The van der Waals surface area contributed by atoms with Crippen LogP contribution in [0.1, 0.15) is 26.3 Å². The normalized spacial score (nSPS) is 23.7. The van der Waals surface area contributed by atoms with Gasteiger partial charge in [0.1, 0.15) is 12.1 Å². The zero-order chi connectivity index (χ0) is 14.0. The van der Waals surface area contributed by atoms with Gasteiger partial charge in [0.25, 0.3) is 0 Å². The lowest BCUT2D eigenvalue weighted by atomic mass is 9.98. The van der Waals surface area contributed by atoms with Gasteiger partial charge in [0, 0.05) is 6.54 Å². The summed E-state index contributed by atoms with van der Waals surface area (Å²) < 4.78 is 0. The molecule has 102 valence electrons. The fourth-order valence-corrected chi connectivity index (χ4v) is 2.29. The van der Waals surface area contributed by atoms with Crippen molar-refractivity contribution >= 4 is 11.8 Å². The van der Waals surface area contributed by atoms with Gasteiger partial charge in [-0.25, -0.2) is 0 Å². The van der Waals surface area contributed by atoms with Gasteiger partial charge in [-0.15, -0.1) is 0 Å². The number of benzene rings is 1. The lowest BCUT2D eigenvalue weighted by molar-refractivity contribution is -0.150. The van der Waals surface area contributed by atoms with Crippen LogP contribution in [-0.2, 0) is 16.1 Å². The van der Waals surface area contributed by atoms with E-state index in [2.05, 4.69) is 5.32 Å². The molecule has 1 aliphatic rings. The third-order valence-electron chi connectivity index (χ3n) is 3.56. The Kier molecular flexibility index (Phi) is 3.88. The van der Waals surface area contributed by atoms with Crippen molar-refractivity contribution < 1.29 is 9.59 Å². The maximum atomic E-state index is 12.4. The molecule has 1 heterocycles. The summed E-state index contributed by atoms with van der Waals surface area (Å²) in [6.45, 7) is 6.14. The highest BCUT2D eigenvalue weighted by Gasteiger charge is 2.39. The van der Waals surface area contributed by atoms with Crippen LogP contribution in [0.4, 0.5) is 0 Å². The number of carbonyl (C=O) groups excluding carboxylic acids is 2. The van der Waals surface area contributed by atoms with E-state index in [1.165, 1.54) is 0 Å². The molecular formula is C15H20N2O2. The van der Waals surface area contributed by atoms with Crippen LogP contribution in [0, 0.1) is 5.92 Å². The molecule has 0 aromatic heterocycles. The number of piperazine rings is 1. The van der Waals surface area contributed by atoms with Crippen molar-refractivity contribution in [1.29, 1.82) is 0 Å². The largest absolute Gasteiger partial charge is 0.342 e. The third-order valence-corrected chi connectivity index (χ3v) is 3.56. The maximum Gasteiger partial charge on any atom is 0.246 e. The van der Waals surface area contributed by atoms with E-state index in [0.29, 0.717) is 6.54 Å². The minimum absolute atomic E-state index is 0.00551. The number of nitrogens with zero attached hydrogens (tertiary/aromatic N) is 1. The predicted octanol–water partition coefficient (Wildman–Crippen LogP) is 1.56. The Bertz CT molecular complexity index is 470. The van der Waals surface area contributed by atoms with E-state index in [1.54, 1.807) is 11.8 Å². The van der Waals surface area contributed by atoms with Gasteiger partial charge in [-0.1, -0.05) is 44.2 Å². The molecule has 2 amide bonds. The quantitative estimate of drug-likeness (QED) is 0.896. The molecule has 2 unspecified atom stereocenters. The van der Waals surface area contributed by atoms with Crippen molar-refractivity contribution in [3.63, 3.8) is 0 Å². The van der Waals surface area contributed by atoms with Crippen LogP contribution in [0.5, 0.6) is 0 Å². The average molecular weight is 260 g/mol. The Hall–Kier alpha value is -1.84. The molecule has 1 aromatic carbocycles. The lowest BCUT2D eigenvalue weighted by Gasteiger charge is -2.38. The molecule has 0 spiro atoms. The van der Waals surface area contributed by atoms with E-state index in [4.69, 9.17) is 0 Å². The molecule has 2 atom stereocenters. The summed E-state index contributed by atoms with van der Waals surface area (Å²) in [5.41, 5.74) is 1.04. The van der Waals surface area contributed by atoms with E-state index < -0.39 is 12.1 Å². The van der Waals surface area contributed by atoms with Gasteiger partial charge >= 0.3 is 0 Å². The van der Waals surface area contributed by atoms with Crippen LogP contribution < -0.4 is 5.32 Å². The van der Waals surface area contributed by atoms with Gasteiger partial charge in [0.15, 0.2) is 0 Å². The number of amides is 2. The van der Waals surface area contributed by atoms with Gasteiger partial charge in [0.05, 0.1) is 0 Å². The first kappa shape index (κ1) is 13.6. The van der Waals surface area contributed by atoms with Crippen molar-refractivity contribution in [2.24, 2.45) is 5.92 Å². The topological polar surface area (TPSA) is 49.4 Å². The molecule has 4 nitrogen and oxygen atoms in total. The molecular weight excluding hydrogens is 240 g/mol. The first-order chi connectivity index (χ1) is 9.00. The van der Waals surface area contributed by atoms with Gasteiger partial charge in [0.2, 0.25) is 11.8 Å². The zero-order valence-corrected chi connectivity index (χ0v) is 11.6. The Balaban J connectivity index is 2.21. The van der Waals surface area contributed by atoms with Gasteiger partial charge in [-0.3, -0.25) is 9.59 Å². The minimum Gasteiger partial charge on any atom is -0.342 e. The first-order valence-corrected chi connectivity index (χ1v) is 6.65. The number of nitrogens with one attached hydrogen (secondary N) is 1. The summed E-state index contributed by atoms with van der Waals surface area (Å²) in [5.74, 6) is 0.0300. The standard InChI is InChI=1S/C15H20N2O2/c1-10(2)13-15(19)17(11(3)14(18)16-13)9-12-7-5-4-6-8-12/h4-8,10-11,13H,9H2,1-3H3,(H,16,18). The van der Waals surface area contributed by atoms with Gasteiger partial charge < -0.3 is 10.2 Å². The molecule has 1 fully saturated rings. The second-order valence-corrected chi connectivity index (χ2v) is 5.36. The monoisotopic (exact) mass is 260 g/mol. The van der Waals surface area contributed by atoms with E-state index >= 15 is 0 Å². The van der Waals surface area contributed by atoms with E-state index in [-0.39, 0.29) is 17.7 Å². The van der Waals surface area contributed by atoms with E-state index in [0.717, 1.165) is 5.56 Å². The van der Waals surface area contributed by atoms with Crippen molar-refractivity contribution in [2.75, 3.05) is 0 Å². The number of hydrogen-bond donors (Lipinski definition) is 1. The first-order valence-electron chi connectivity index (χ1n) is 6.65. The number of carbonyl (C=O) groups is 2. The van der Waals surface area contributed by atoms with E-state index in [1.807, 2.05) is 44.2 Å². The minimum atomic E-state index is -0.414. The Morgan fingerprint density at radius 3 is 2.42 bits per heavy atom. The fraction of sp³-hybridized carbons (Fsp3) is 0.467. The van der Waals surface area contributed by atoms with Crippen LogP contribution in [0.15, 0.2) is 30.3 Å². The van der Waals surface area contributed by atoms with Crippen LogP contribution >= 0.6 is 0 Å². The summed E-state index contributed by atoms with van der Waals surface area (Å²) in [4.78, 5) is 26.1. The molecule has 19 heavy (non-hydrogen) atoms. The summed E-state index contributed by atoms with van der Waals surface area (Å²) in [7, 11) is 0. The fourth-order valence-electron chi connectivity index (χ4n) is 2.29. The van der Waals surface area contributed by atoms with Crippen molar-refractivity contribution in [1.82, 2.24) is 10.2 Å². The van der Waals surface area contributed by atoms with Crippen molar-refractivity contribution in [2.45, 2.75) is 39.4 Å². The molecule has 0 radical (unpaired) electrons. The predicted molar refractivity (Wildman–Crippen MR) is 73.2 cm³/mol. The summed E-state index contributed by atoms with van der Waals surface area (Å²) in [6.07, 6.45) is 0. The maximum absolute atomic E-state index is 12.4. The molecule has 0 saturated carbocycles. The van der Waals surface area contributed by atoms with Gasteiger partial charge in [-0.2, -0.15) is 0 Å². The molecule has 2 rings (SSSR count). The summed E-state index contributed by atoms with van der Waals surface area (Å²) in [6, 6.07) is 8.93. The molecule has 0 bridgehead atoms. The summed E-state index contributed by atoms with van der Waals surface area (Å²) in [5, 5.41) is 2.80. The van der Waals surface area contributed by atoms with Crippen LogP contribution in [-0.4, -0.2) is 28.8 Å². The van der Waals surface area contributed by atoms with Crippen molar-refractivity contribution in [3.8, 4) is 0 Å². The van der Waals surface area contributed by atoms with Crippen LogP contribution in [0.3, 0.4) is 0 Å². The van der Waals surface area contributed by atoms with E-state index in [9.17, 15) is 9.59 Å². The summed E-state index contributed by atoms with van der Waals surface area (Å²) >= 11 is 0. The zero-order valence-electron chi connectivity index (χ0n) is 11.6. The highest BCUT2D eigenvalue weighted by Crippen LogP contribution is 2.18. The third kappa shape index (κ3) is 2.78. The smallest absolute Gasteiger partial charge is 0.246 e. The second-order valence-electron chi connectivity index (χ2n) is 5.36. The molecule has 1 aliphatic heterocycles. The van der Waals surface area contributed by atoms with Crippen LogP contribution in [0.2, 0.25) is 0 Å². The Labute approximate surface area is 113 Å². The van der Waals surface area contributed by atoms with Crippen molar-refractivity contribution in [3.05, 3.63) is 35.9 Å². The SMILES string of the molecule is CC(C)C1NC(=O)C(C)N(Cc2ccccc2)C1=O. The highest BCUT2D eigenvalue weighted by molar-refractivity contribution is 5.96. The average Bonchev–Trinajstić information content (AvgIpc) is 2.40. The molecule has 1 N–H and O–H groups in total. The molecule has 1 aromatic rings. The Morgan fingerprint density at radius 1 is 1.21 bits per heavy atom. The molecule has 1 saturated heterocycles.